The van der Waals surface area contributed by atoms with Crippen LogP contribution in [0.25, 0.3) is 32.3 Å². The minimum atomic E-state index is -0.858. The molecule has 532 valence electrons. The van der Waals surface area contributed by atoms with Gasteiger partial charge in [0.05, 0.1) is 0 Å². The molecule has 16 rings (SSSR count). The first-order chi connectivity index (χ1) is 53.3. The number of nitriles is 4. The van der Waals surface area contributed by atoms with E-state index >= 15 is 0 Å². The maximum absolute atomic E-state index is 11.8. The van der Waals surface area contributed by atoms with Crippen LogP contribution in [0.3, 0.4) is 0 Å². The van der Waals surface area contributed by atoms with Gasteiger partial charge in [-0.2, -0.15) is 21.0 Å². The summed E-state index contributed by atoms with van der Waals surface area (Å²) in [5, 5.41) is 49.6. The molecule has 4 aliphatic rings. The molecule has 16 nitrogen and oxygen atoms in total. The van der Waals surface area contributed by atoms with Crippen molar-refractivity contribution in [1.82, 2.24) is 0 Å². The largest absolute Gasteiger partial charge is 0.456 e. The van der Waals surface area contributed by atoms with Crippen LogP contribution >= 0.6 is 0 Å². The Hall–Kier alpha value is -14.6. The van der Waals surface area contributed by atoms with Crippen LogP contribution in [0.5, 0.6) is 86.2 Å². The fraction of sp³-hybridized carbons (Fsp3) is 0.128. The molecule has 0 aromatic heterocycles. The van der Waals surface area contributed by atoms with Crippen molar-refractivity contribution in [1.29, 1.82) is 21.0 Å². The van der Waals surface area contributed by atoms with E-state index in [4.69, 9.17) is 37.9 Å². The second kappa shape index (κ2) is 27.7. The third kappa shape index (κ3) is 12.8. The summed E-state index contributed by atoms with van der Waals surface area (Å²) in [6.45, 7) is 10.7. The number of rotatable bonds is 20. The van der Waals surface area contributed by atoms with E-state index in [1.165, 1.54) is 0 Å². The molecule has 4 aliphatic carbocycles. The summed E-state index contributed by atoms with van der Waals surface area (Å²) in [5.41, 5.74) is 3.31. The summed E-state index contributed by atoms with van der Waals surface area (Å²) in [6.07, 6.45) is 15.7. The molecule has 0 N–H and O–H groups in total. The number of allylic oxidation sites excluding steroid dienone is 7. The van der Waals surface area contributed by atoms with E-state index in [1.54, 1.807) is 133 Å². The highest BCUT2D eigenvalue weighted by Crippen LogP contribution is 2.66. The first-order valence-electron chi connectivity index (χ1n) is 35.5. The van der Waals surface area contributed by atoms with Gasteiger partial charge in [0.15, 0.2) is 23.0 Å². The fourth-order valence-electron chi connectivity index (χ4n) is 15.9. The summed E-state index contributed by atoms with van der Waals surface area (Å²) in [7, 11) is 0. The van der Waals surface area contributed by atoms with Gasteiger partial charge in [-0.1, -0.05) is 138 Å². The number of hydrogen-bond acceptors (Lipinski definition) is 16. The molecule has 110 heavy (non-hydrogen) atoms. The first kappa shape index (κ1) is 69.8. The van der Waals surface area contributed by atoms with Gasteiger partial charge in [0, 0.05) is 39.0 Å². The molecule has 1 spiro atoms. The predicted molar refractivity (Wildman–Crippen MR) is 415 cm³/mol. The summed E-state index contributed by atoms with van der Waals surface area (Å²) in [6, 6.07) is 69.7. The van der Waals surface area contributed by atoms with Crippen molar-refractivity contribution in [2.75, 3.05) is 0 Å². The van der Waals surface area contributed by atoms with Crippen LogP contribution < -0.4 is 37.9 Å². The number of carbonyl (C=O) groups is 4. The summed E-state index contributed by atoms with van der Waals surface area (Å²) in [4.78, 5) is 46.8. The number of carbonyl (C=O) groups excluding carboxylic acids is 4. The van der Waals surface area contributed by atoms with E-state index in [9.17, 15) is 40.2 Å². The van der Waals surface area contributed by atoms with E-state index in [2.05, 4.69) is 52.0 Å². The van der Waals surface area contributed by atoms with Gasteiger partial charge >= 0.3 is 0 Å². The Morgan fingerprint density at radius 2 is 0.664 bits per heavy atom. The summed E-state index contributed by atoms with van der Waals surface area (Å²) >= 11 is 0. The number of aldehydes is 4. The normalized spacial score (nSPS) is 17.2. The molecule has 16 heteroatoms. The van der Waals surface area contributed by atoms with Crippen molar-refractivity contribution in [3.05, 3.63) is 315 Å². The van der Waals surface area contributed by atoms with Gasteiger partial charge in [0.25, 0.3) is 0 Å². The van der Waals surface area contributed by atoms with Crippen LogP contribution in [0.2, 0.25) is 0 Å². The molecule has 12 aromatic rings. The number of ether oxygens (including phenoxy) is 8. The van der Waals surface area contributed by atoms with Gasteiger partial charge in [-0.25, -0.2) is 0 Å². The quantitative estimate of drug-likeness (QED) is 0.0645. The Morgan fingerprint density at radius 3 is 1.00 bits per heavy atom. The third-order valence-corrected chi connectivity index (χ3v) is 21.0. The van der Waals surface area contributed by atoms with Crippen LogP contribution in [0, 0.1) is 56.7 Å². The number of nitrogens with zero attached hydrogens (tertiary/aromatic N) is 4. The van der Waals surface area contributed by atoms with Gasteiger partial charge in [0.1, 0.15) is 141 Å². The van der Waals surface area contributed by atoms with Crippen molar-refractivity contribution in [3.8, 4) is 111 Å². The van der Waals surface area contributed by atoms with E-state index in [0.29, 0.717) is 58.1 Å². The zero-order valence-corrected chi connectivity index (χ0v) is 60.1. The van der Waals surface area contributed by atoms with Crippen molar-refractivity contribution in [2.45, 2.75) is 63.7 Å². The number of hydrogen-bond donors (Lipinski definition) is 0. The molecule has 0 aliphatic heterocycles. The summed E-state index contributed by atoms with van der Waals surface area (Å²) in [5.74, 6) is 3.80. The van der Waals surface area contributed by atoms with Crippen LogP contribution in [0.1, 0.15) is 123 Å². The van der Waals surface area contributed by atoms with Crippen molar-refractivity contribution < 1.29 is 57.1 Å². The molecular formula is C94H64N4O12. The van der Waals surface area contributed by atoms with Crippen LogP contribution in [-0.4, -0.2) is 25.1 Å². The van der Waals surface area contributed by atoms with Crippen LogP contribution in [-0.2, 0) is 21.0 Å². The molecule has 0 saturated heterocycles. The van der Waals surface area contributed by atoms with Gasteiger partial charge in [-0.15, -0.1) is 0 Å². The van der Waals surface area contributed by atoms with Crippen molar-refractivity contribution in [3.63, 3.8) is 0 Å². The highest BCUT2D eigenvalue weighted by Gasteiger charge is 2.57. The molecular weight excluding hydrogens is 1380 g/mol. The lowest BCUT2D eigenvalue weighted by Gasteiger charge is -2.34. The first-order valence-corrected chi connectivity index (χ1v) is 35.5. The average molecular weight is 1440 g/mol. The molecule has 3 unspecified atom stereocenters. The van der Waals surface area contributed by atoms with Gasteiger partial charge < -0.3 is 37.9 Å². The molecule has 3 atom stereocenters. The molecule has 0 heterocycles. The lowest BCUT2D eigenvalue weighted by atomic mass is 9.70. The smallest absolute Gasteiger partial charge is 0.170 e. The number of fused-ring (bicyclic) bond motifs is 8. The van der Waals surface area contributed by atoms with E-state index in [0.717, 1.165) is 79.7 Å². The van der Waals surface area contributed by atoms with Gasteiger partial charge in [0.2, 0.25) is 0 Å². The average Bonchev–Trinajstić information content (AvgIpc) is 1.52. The molecule has 0 radical (unpaired) electrons. The maximum Gasteiger partial charge on any atom is 0.170 e. The Balaban J connectivity index is 0.832. The van der Waals surface area contributed by atoms with Crippen molar-refractivity contribution in [2.24, 2.45) is 11.3 Å². The lowest BCUT2D eigenvalue weighted by Crippen LogP contribution is -2.27. The molecule has 0 saturated carbocycles. The van der Waals surface area contributed by atoms with E-state index in [-0.39, 0.29) is 97.2 Å². The third-order valence-electron chi connectivity index (χ3n) is 21.0. The van der Waals surface area contributed by atoms with Crippen LogP contribution in [0.15, 0.2) is 254 Å². The zero-order valence-electron chi connectivity index (χ0n) is 60.1. The second-order valence-electron chi connectivity index (χ2n) is 29.2. The van der Waals surface area contributed by atoms with E-state index < -0.39 is 21.7 Å². The predicted octanol–water partition coefficient (Wildman–Crippen LogP) is 22.4. The molecule has 0 amide bonds. The Bertz CT molecular complexity index is 6270. The van der Waals surface area contributed by atoms with Crippen molar-refractivity contribution >= 4 is 57.5 Å². The lowest BCUT2D eigenvalue weighted by molar-refractivity contribution is -0.104. The SMILES string of the molecule is CC1(C)CC2(CC(C)(C)c3cc(Oc4cccc(Oc5ccc6cc(C=O)ccc6c5)c4C#N)c(Oc4cccc(Oc5ccc6cc(C=O)ccc6c5)c4C#N)cc32)c2cc(Oc3cccc(OC4=CC5(C)C=CC(C=O)=CC5C=C4)c3C#N)c(Oc3cccc(Oc4ccc5cc(C=O)ccc5c4)c3C#N)cc21. The zero-order chi connectivity index (χ0) is 76.2. The number of benzene rings is 12. The Kier molecular flexibility index (Phi) is 17.6. The van der Waals surface area contributed by atoms with Gasteiger partial charge in [-0.3, -0.25) is 19.2 Å². The van der Waals surface area contributed by atoms with E-state index in [1.807, 2.05) is 116 Å². The van der Waals surface area contributed by atoms with Crippen LogP contribution in [0.4, 0.5) is 0 Å². The second-order valence-corrected chi connectivity index (χ2v) is 29.2. The maximum atomic E-state index is 11.8. The molecule has 0 fully saturated rings. The standard InChI is InChI=1S/C94H64N4O12/c1-91(2)54-94(77-43-89(109-85-16-8-12-81(73(85)48-97)105-69-30-26-62-36-58(52-101)20-23-65(62)40-69)87(41-75(77)91)107-83-14-6-10-79(71(83)46-95)103-67-28-24-60-34-56(50-99)18-21-63(60)38-67)55-92(3,4)76-42-88(108-84-15-7-11-80(72(84)47-96)104-68-29-25-61-35-57(51-100)19-22-64(61)39-68)90(44-78(76)94)110-86-17-9-13-82(74(86)49-98)106-70-31-27-66-37-59(53-102)32-33-93(66,5)45-70/h6-45,50-53,66H,54-55H2,1-5H3. The highest BCUT2D eigenvalue weighted by atomic mass is 16.5. The fourth-order valence-corrected chi connectivity index (χ4v) is 15.9. The monoisotopic (exact) mass is 1440 g/mol. The minimum absolute atomic E-state index is 0.0624. The topological polar surface area (TPSA) is 237 Å². The molecule has 12 aromatic carbocycles. The minimum Gasteiger partial charge on any atom is -0.456 e. The Morgan fingerprint density at radius 1 is 0.345 bits per heavy atom. The molecule has 0 bridgehead atoms. The van der Waals surface area contributed by atoms with Gasteiger partial charge in [-0.05, 0) is 218 Å². The highest BCUT2D eigenvalue weighted by molar-refractivity contribution is 5.92. The Labute approximate surface area is 632 Å². The summed E-state index contributed by atoms with van der Waals surface area (Å²) < 4.78 is 54.5.